The van der Waals surface area contributed by atoms with Crippen molar-refractivity contribution in [2.75, 3.05) is 6.61 Å². The highest BCUT2D eigenvalue weighted by molar-refractivity contribution is 9.10. The molecule has 1 saturated carbocycles. The number of halogens is 1. The fourth-order valence-corrected chi connectivity index (χ4v) is 5.13. The van der Waals surface area contributed by atoms with Crippen LogP contribution in [-0.4, -0.2) is 35.4 Å². The molecule has 0 spiro atoms. The highest BCUT2D eigenvalue weighted by atomic mass is 79.9. The Balaban J connectivity index is 1.60. The third-order valence-electron chi connectivity index (χ3n) is 6.83. The predicted molar refractivity (Wildman–Crippen MR) is 150 cm³/mol. The highest BCUT2D eigenvalue weighted by Crippen LogP contribution is 2.21. The van der Waals surface area contributed by atoms with Crippen LogP contribution in [0.5, 0.6) is 5.75 Å². The van der Waals surface area contributed by atoms with E-state index in [0.29, 0.717) is 18.7 Å². The van der Waals surface area contributed by atoms with Crippen LogP contribution in [0.1, 0.15) is 48.8 Å². The zero-order chi connectivity index (χ0) is 26.0. The minimum absolute atomic E-state index is 0.0969. The van der Waals surface area contributed by atoms with E-state index in [4.69, 9.17) is 4.74 Å². The molecule has 4 rings (SSSR count). The first-order valence-corrected chi connectivity index (χ1v) is 13.8. The van der Waals surface area contributed by atoms with Crippen molar-refractivity contribution in [3.63, 3.8) is 0 Å². The summed E-state index contributed by atoms with van der Waals surface area (Å²) in [4.78, 5) is 29.2. The van der Waals surface area contributed by atoms with Gasteiger partial charge in [0.05, 0.1) is 0 Å². The monoisotopic (exact) mass is 562 g/mol. The maximum Gasteiger partial charge on any atom is 0.261 e. The molecular formula is C31H35BrN2O3. The van der Waals surface area contributed by atoms with Crippen LogP contribution in [0.15, 0.2) is 83.3 Å². The number of hydrogen-bond donors (Lipinski definition) is 1. The van der Waals surface area contributed by atoms with Crippen LogP contribution in [0.2, 0.25) is 0 Å². The third-order valence-corrected chi connectivity index (χ3v) is 7.36. The summed E-state index contributed by atoms with van der Waals surface area (Å²) in [5.41, 5.74) is 3.12. The molecule has 3 aromatic carbocycles. The lowest BCUT2D eigenvalue weighted by atomic mass is 9.94. The van der Waals surface area contributed by atoms with E-state index in [2.05, 4.69) is 27.3 Å². The lowest BCUT2D eigenvalue weighted by molar-refractivity contribution is -0.143. The molecule has 1 aliphatic carbocycles. The molecule has 6 heteroatoms. The molecule has 0 heterocycles. The molecule has 0 radical (unpaired) electrons. The van der Waals surface area contributed by atoms with Gasteiger partial charge in [-0.15, -0.1) is 0 Å². The number of nitrogens with one attached hydrogen (secondary N) is 1. The summed E-state index contributed by atoms with van der Waals surface area (Å²) in [6.45, 7) is 2.22. The molecule has 1 unspecified atom stereocenters. The van der Waals surface area contributed by atoms with Crippen molar-refractivity contribution in [3.8, 4) is 5.75 Å². The maximum atomic E-state index is 13.8. The van der Waals surface area contributed by atoms with Gasteiger partial charge in [0.2, 0.25) is 5.91 Å². The summed E-state index contributed by atoms with van der Waals surface area (Å²) < 4.78 is 6.79. The second-order valence-corrected chi connectivity index (χ2v) is 10.7. The summed E-state index contributed by atoms with van der Waals surface area (Å²) in [6.07, 6.45) is 5.88. The van der Waals surface area contributed by atoms with Crippen molar-refractivity contribution in [2.24, 2.45) is 0 Å². The fraction of sp³-hybridized carbons (Fsp3) is 0.355. The maximum absolute atomic E-state index is 13.8. The third kappa shape index (κ3) is 8.19. The van der Waals surface area contributed by atoms with Gasteiger partial charge in [-0.25, -0.2) is 0 Å². The summed E-state index contributed by atoms with van der Waals surface area (Å²) in [6, 6.07) is 24.9. The van der Waals surface area contributed by atoms with Gasteiger partial charge in [0, 0.05) is 23.5 Å². The molecule has 0 bridgehead atoms. The Labute approximate surface area is 228 Å². The number of amides is 2. The van der Waals surface area contributed by atoms with Crippen molar-refractivity contribution in [1.29, 1.82) is 0 Å². The second-order valence-electron chi connectivity index (χ2n) is 9.80. The van der Waals surface area contributed by atoms with E-state index in [9.17, 15) is 9.59 Å². The van der Waals surface area contributed by atoms with Gasteiger partial charge in [0.25, 0.3) is 5.91 Å². The van der Waals surface area contributed by atoms with E-state index >= 15 is 0 Å². The first-order chi connectivity index (χ1) is 18.0. The Bertz CT molecular complexity index is 1160. The number of hydrogen-bond acceptors (Lipinski definition) is 3. The number of nitrogens with zero attached hydrogens (tertiary/aromatic N) is 1. The number of carbonyl (C=O) groups excluding carboxylic acids is 2. The van der Waals surface area contributed by atoms with E-state index in [1.54, 1.807) is 4.90 Å². The summed E-state index contributed by atoms with van der Waals surface area (Å²) in [5, 5.41) is 3.27. The van der Waals surface area contributed by atoms with Crippen LogP contribution in [0.25, 0.3) is 0 Å². The van der Waals surface area contributed by atoms with Gasteiger partial charge in [-0.1, -0.05) is 95.4 Å². The van der Waals surface area contributed by atoms with Gasteiger partial charge < -0.3 is 15.0 Å². The standard InChI is InChI=1S/C31H35BrN2O3/c1-23-9-8-12-25(19-23)21-34(30(35)22-37-28-17-15-26(32)16-18-28)29(20-24-10-4-2-5-11-24)31(36)33-27-13-6-3-7-14-27/h2,4-5,8-12,15-19,27,29H,3,6-7,13-14,20-22H2,1H3,(H,33,36). The van der Waals surface area contributed by atoms with E-state index in [0.717, 1.165) is 46.8 Å². The van der Waals surface area contributed by atoms with Crippen LogP contribution in [0.4, 0.5) is 0 Å². The van der Waals surface area contributed by atoms with Crippen LogP contribution in [0.3, 0.4) is 0 Å². The Morgan fingerprint density at radius 1 is 0.946 bits per heavy atom. The SMILES string of the molecule is Cc1cccc(CN(C(=O)COc2ccc(Br)cc2)C(Cc2ccccc2)C(=O)NC2CCCCC2)c1. The quantitative estimate of drug-likeness (QED) is 0.319. The molecule has 1 N–H and O–H groups in total. The fourth-order valence-electron chi connectivity index (χ4n) is 4.86. The molecule has 2 amide bonds. The molecule has 0 saturated heterocycles. The van der Waals surface area contributed by atoms with Gasteiger partial charge in [0.1, 0.15) is 11.8 Å². The minimum atomic E-state index is -0.647. The number of aryl methyl sites for hydroxylation is 1. The van der Waals surface area contributed by atoms with E-state index in [1.807, 2.05) is 79.7 Å². The van der Waals surface area contributed by atoms with Crippen molar-refractivity contribution in [1.82, 2.24) is 10.2 Å². The normalized spacial score (nSPS) is 14.5. The van der Waals surface area contributed by atoms with Crippen LogP contribution >= 0.6 is 15.9 Å². The van der Waals surface area contributed by atoms with Gasteiger partial charge in [-0.2, -0.15) is 0 Å². The van der Waals surface area contributed by atoms with Gasteiger partial charge in [-0.3, -0.25) is 9.59 Å². The van der Waals surface area contributed by atoms with Crippen LogP contribution in [-0.2, 0) is 22.6 Å². The average molecular weight is 564 g/mol. The van der Waals surface area contributed by atoms with Crippen molar-refractivity contribution < 1.29 is 14.3 Å². The Hall–Kier alpha value is -3.12. The molecule has 0 aliphatic heterocycles. The molecule has 1 atom stereocenters. The Morgan fingerprint density at radius 3 is 2.35 bits per heavy atom. The largest absolute Gasteiger partial charge is 0.484 e. The number of ether oxygens (including phenoxy) is 1. The topological polar surface area (TPSA) is 58.6 Å². The highest BCUT2D eigenvalue weighted by Gasteiger charge is 2.32. The number of rotatable bonds is 10. The van der Waals surface area contributed by atoms with Gasteiger partial charge in [-0.05, 0) is 55.2 Å². The van der Waals surface area contributed by atoms with E-state index < -0.39 is 6.04 Å². The predicted octanol–water partition coefficient (Wildman–Crippen LogP) is 6.23. The zero-order valence-electron chi connectivity index (χ0n) is 21.4. The lowest BCUT2D eigenvalue weighted by Crippen LogP contribution is -2.53. The van der Waals surface area contributed by atoms with E-state index in [-0.39, 0.29) is 24.5 Å². The zero-order valence-corrected chi connectivity index (χ0v) is 23.0. The molecule has 3 aromatic rings. The molecule has 1 aliphatic rings. The van der Waals surface area contributed by atoms with Crippen LogP contribution < -0.4 is 10.1 Å². The molecule has 1 fully saturated rings. The lowest BCUT2D eigenvalue weighted by Gasteiger charge is -2.33. The van der Waals surface area contributed by atoms with Crippen molar-refractivity contribution in [3.05, 3.63) is 100 Å². The minimum Gasteiger partial charge on any atom is -0.484 e. The second kappa shape index (κ2) is 13.4. The number of carbonyl (C=O) groups is 2. The summed E-state index contributed by atoms with van der Waals surface area (Å²) in [5.74, 6) is 0.294. The van der Waals surface area contributed by atoms with Gasteiger partial charge in [0.15, 0.2) is 6.61 Å². The molecule has 194 valence electrons. The van der Waals surface area contributed by atoms with Crippen molar-refractivity contribution in [2.45, 2.75) is 64.1 Å². The molecule has 5 nitrogen and oxygen atoms in total. The first kappa shape index (κ1) is 26.9. The number of benzene rings is 3. The Kier molecular flexibility index (Phi) is 9.78. The molecular weight excluding hydrogens is 528 g/mol. The van der Waals surface area contributed by atoms with Crippen molar-refractivity contribution >= 4 is 27.7 Å². The van der Waals surface area contributed by atoms with Crippen LogP contribution in [0, 0.1) is 6.92 Å². The molecule has 37 heavy (non-hydrogen) atoms. The molecule has 0 aromatic heterocycles. The van der Waals surface area contributed by atoms with Gasteiger partial charge >= 0.3 is 0 Å². The first-order valence-electron chi connectivity index (χ1n) is 13.1. The Morgan fingerprint density at radius 2 is 1.65 bits per heavy atom. The smallest absolute Gasteiger partial charge is 0.261 e. The van der Waals surface area contributed by atoms with E-state index in [1.165, 1.54) is 6.42 Å². The average Bonchev–Trinajstić information content (AvgIpc) is 2.91. The summed E-state index contributed by atoms with van der Waals surface area (Å²) >= 11 is 3.42. The summed E-state index contributed by atoms with van der Waals surface area (Å²) in [7, 11) is 0.